The summed E-state index contributed by atoms with van der Waals surface area (Å²) in [5.41, 5.74) is 3.65. The molecule has 2 aromatic rings. The smallest absolute Gasteiger partial charge is 0.0645 e. The van der Waals surface area contributed by atoms with Crippen molar-refractivity contribution in [2.45, 2.75) is 32.6 Å². The number of hydrogen-bond donors (Lipinski definition) is 1. The van der Waals surface area contributed by atoms with E-state index in [1.807, 2.05) is 22.9 Å². The number of nitrogens with zero attached hydrogens (tertiary/aromatic N) is 2. The number of aromatic nitrogens is 2. The molecule has 0 atom stereocenters. The average Bonchev–Trinajstić information content (AvgIpc) is 3.23. The molecule has 0 unspecified atom stereocenters. The van der Waals surface area contributed by atoms with E-state index in [4.69, 9.17) is 0 Å². The van der Waals surface area contributed by atoms with Gasteiger partial charge >= 0.3 is 0 Å². The first-order valence-corrected chi connectivity index (χ1v) is 7.64. The van der Waals surface area contributed by atoms with Crippen molar-refractivity contribution in [1.82, 2.24) is 15.1 Å². The van der Waals surface area contributed by atoms with Gasteiger partial charge in [0.1, 0.15) is 0 Å². The van der Waals surface area contributed by atoms with Crippen molar-refractivity contribution >= 4 is 0 Å². The molecule has 1 fully saturated rings. The van der Waals surface area contributed by atoms with Gasteiger partial charge in [0.2, 0.25) is 0 Å². The van der Waals surface area contributed by atoms with Crippen LogP contribution in [-0.4, -0.2) is 22.9 Å². The van der Waals surface area contributed by atoms with Gasteiger partial charge in [0.15, 0.2) is 0 Å². The van der Waals surface area contributed by atoms with Gasteiger partial charge in [-0.15, -0.1) is 0 Å². The van der Waals surface area contributed by atoms with Gasteiger partial charge in [-0.05, 0) is 69.3 Å². The van der Waals surface area contributed by atoms with Crippen molar-refractivity contribution in [3.05, 3.63) is 47.8 Å². The van der Waals surface area contributed by atoms with Crippen molar-refractivity contribution in [3.8, 4) is 5.69 Å². The van der Waals surface area contributed by atoms with Gasteiger partial charge in [-0.1, -0.05) is 18.2 Å². The molecular weight excluding hydrogens is 246 g/mol. The first kappa shape index (κ1) is 13.4. The molecule has 1 heterocycles. The number of aryl methyl sites for hydroxylation is 2. The van der Waals surface area contributed by atoms with Crippen molar-refractivity contribution in [3.63, 3.8) is 0 Å². The SMILES string of the molecule is Cc1nn(-c2ccccc2)cc1CCCNCC1CC1. The lowest BCUT2D eigenvalue weighted by molar-refractivity contribution is 0.612. The molecule has 3 rings (SSSR count). The summed E-state index contributed by atoms with van der Waals surface area (Å²) in [7, 11) is 0. The Morgan fingerprint density at radius 2 is 2.05 bits per heavy atom. The number of nitrogens with one attached hydrogen (secondary N) is 1. The van der Waals surface area contributed by atoms with Crippen LogP contribution >= 0.6 is 0 Å². The number of rotatable bonds is 7. The summed E-state index contributed by atoms with van der Waals surface area (Å²) in [5.74, 6) is 0.970. The van der Waals surface area contributed by atoms with E-state index in [2.05, 4.69) is 35.7 Å². The van der Waals surface area contributed by atoms with Gasteiger partial charge in [-0.25, -0.2) is 4.68 Å². The van der Waals surface area contributed by atoms with Crippen molar-refractivity contribution in [2.24, 2.45) is 5.92 Å². The molecule has 0 aliphatic heterocycles. The van der Waals surface area contributed by atoms with E-state index >= 15 is 0 Å². The van der Waals surface area contributed by atoms with E-state index in [-0.39, 0.29) is 0 Å². The van der Waals surface area contributed by atoms with Crippen molar-refractivity contribution in [2.75, 3.05) is 13.1 Å². The van der Waals surface area contributed by atoms with E-state index in [0.29, 0.717) is 0 Å². The van der Waals surface area contributed by atoms with E-state index < -0.39 is 0 Å². The molecule has 0 amide bonds. The highest BCUT2D eigenvalue weighted by molar-refractivity contribution is 5.32. The largest absolute Gasteiger partial charge is 0.316 e. The standard InChI is InChI=1S/C17H23N3/c1-14-16(6-5-11-18-12-15-9-10-15)13-20(19-14)17-7-3-2-4-8-17/h2-4,7-8,13,15,18H,5-6,9-12H2,1H3. The van der Waals surface area contributed by atoms with Crippen molar-refractivity contribution < 1.29 is 0 Å². The fourth-order valence-corrected chi connectivity index (χ4v) is 2.49. The normalized spacial score (nSPS) is 14.7. The molecule has 1 saturated carbocycles. The quantitative estimate of drug-likeness (QED) is 0.783. The summed E-state index contributed by atoms with van der Waals surface area (Å²) in [5, 5.41) is 8.16. The van der Waals surface area contributed by atoms with Crippen LogP contribution in [0.5, 0.6) is 0 Å². The van der Waals surface area contributed by atoms with Crippen LogP contribution in [-0.2, 0) is 6.42 Å². The third kappa shape index (κ3) is 3.48. The Kier molecular flexibility index (Phi) is 4.16. The predicted octanol–water partition coefficient (Wildman–Crippen LogP) is 3.11. The fraction of sp³-hybridized carbons (Fsp3) is 0.471. The highest BCUT2D eigenvalue weighted by Crippen LogP contribution is 2.27. The van der Waals surface area contributed by atoms with Gasteiger partial charge in [-0.2, -0.15) is 5.10 Å². The van der Waals surface area contributed by atoms with Crippen LogP contribution in [0.15, 0.2) is 36.5 Å². The summed E-state index contributed by atoms with van der Waals surface area (Å²) in [4.78, 5) is 0. The van der Waals surface area contributed by atoms with Crippen LogP contribution < -0.4 is 5.32 Å². The maximum absolute atomic E-state index is 4.61. The van der Waals surface area contributed by atoms with Crippen LogP contribution in [0.3, 0.4) is 0 Å². The number of para-hydroxylation sites is 1. The summed E-state index contributed by atoms with van der Waals surface area (Å²) >= 11 is 0. The molecule has 0 spiro atoms. The minimum Gasteiger partial charge on any atom is -0.316 e. The van der Waals surface area contributed by atoms with Crippen LogP contribution in [0, 0.1) is 12.8 Å². The number of benzene rings is 1. The minimum absolute atomic E-state index is 0.970. The first-order valence-electron chi connectivity index (χ1n) is 7.64. The third-order valence-corrected chi connectivity index (χ3v) is 3.95. The topological polar surface area (TPSA) is 29.9 Å². The van der Waals surface area contributed by atoms with Gasteiger partial charge in [0.05, 0.1) is 11.4 Å². The second-order valence-corrected chi connectivity index (χ2v) is 5.77. The van der Waals surface area contributed by atoms with Gasteiger partial charge in [0.25, 0.3) is 0 Å². The van der Waals surface area contributed by atoms with Crippen molar-refractivity contribution in [1.29, 1.82) is 0 Å². The lowest BCUT2D eigenvalue weighted by atomic mass is 10.1. The highest BCUT2D eigenvalue weighted by Gasteiger charge is 2.19. The maximum Gasteiger partial charge on any atom is 0.0645 e. The Bertz CT molecular complexity index is 541. The molecule has 3 nitrogen and oxygen atoms in total. The van der Waals surface area contributed by atoms with E-state index in [9.17, 15) is 0 Å². The van der Waals surface area contributed by atoms with Crippen LogP contribution in [0.2, 0.25) is 0 Å². The Morgan fingerprint density at radius 1 is 1.25 bits per heavy atom. The summed E-state index contributed by atoms with van der Waals surface area (Å²) in [6, 6.07) is 10.3. The summed E-state index contributed by atoms with van der Waals surface area (Å²) in [6.45, 7) is 4.43. The molecule has 1 aliphatic rings. The summed E-state index contributed by atoms with van der Waals surface area (Å²) < 4.78 is 1.99. The fourth-order valence-electron chi connectivity index (χ4n) is 2.49. The molecule has 0 saturated heterocycles. The zero-order chi connectivity index (χ0) is 13.8. The monoisotopic (exact) mass is 269 g/mol. The van der Waals surface area contributed by atoms with E-state index in [0.717, 1.165) is 30.3 Å². The molecular formula is C17H23N3. The van der Waals surface area contributed by atoms with Gasteiger partial charge in [-0.3, -0.25) is 0 Å². The van der Waals surface area contributed by atoms with E-state index in [1.54, 1.807) is 0 Å². The Hall–Kier alpha value is -1.61. The average molecular weight is 269 g/mol. The summed E-state index contributed by atoms with van der Waals surface area (Å²) in [6.07, 6.45) is 7.32. The highest BCUT2D eigenvalue weighted by atomic mass is 15.3. The number of hydrogen-bond acceptors (Lipinski definition) is 2. The van der Waals surface area contributed by atoms with E-state index in [1.165, 1.54) is 31.4 Å². The minimum atomic E-state index is 0.970. The lowest BCUT2D eigenvalue weighted by Gasteiger charge is -2.02. The second-order valence-electron chi connectivity index (χ2n) is 5.77. The van der Waals surface area contributed by atoms with Crippen LogP contribution in [0.4, 0.5) is 0 Å². The zero-order valence-corrected chi connectivity index (χ0v) is 12.2. The Morgan fingerprint density at radius 3 is 2.80 bits per heavy atom. The molecule has 0 bridgehead atoms. The van der Waals surface area contributed by atoms with Crippen LogP contribution in [0.25, 0.3) is 5.69 Å². The Labute approximate surface area is 121 Å². The second kappa shape index (κ2) is 6.23. The molecule has 1 N–H and O–H groups in total. The molecule has 20 heavy (non-hydrogen) atoms. The molecule has 3 heteroatoms. The molecule has 1 aromatic heterocycles. The van der Waals surface area contributed by atoms with Crippen LogP contribution in [0.1, 0.15) is 30.5 Å². The molecule has 0 radical (unpaired) electrons. The Balaban J connectivity index is 1.52. The van der Waals surface area contributed by atoms with Gasteiger partial charge < -0.3 is 5.32 Å². The molecule has 1 aliphatic carbocycles. The molecule has 1 aromatic carbocycles. The zero-order valence-electron chi connectivity index (χ0n) is 12.2. The molecule has 106 valence electrons. The third-order valence-electron chi connectivity index (χ3n) is 3.95. The van der Waals surface area contributed by atoms with Gasteiger partial charge in [0, 0.05) is 6.20 Å². The predicted molar refractivity (Wildman–Crippen MR) is 82.2 cm³/mol. The lowest BCUT2D eigenvalue weighted by Crippen LogP contribution is -2.18. The maximum atomic E-state index is 4.61. The first-order chi connectivity index (χ1) is 9.83.